The van der Waals surface area contributed by atoms with Crippen molar-refractivity contribution in [1.29, 1.82) is 0 Å². The van der Waals surface area contributed by atoms with Crippen LogP contribution in [0.1, 0.15) is 34.6 Å². The minimum absolute atomic E-state index is 0.00986. The molecule has 0 N–H and O–H groups in total. The maximum atomic E-state index is 13.1. The fourth-order valence-corrected chi connectivity index (χ4v) is 3.06. The van der Waals surface area contributed by atoms with Crippen LogP contribution in [-0.4, -0.2) is 5.78 Å². The molecule has 20 heavy (non-hydrogen) atoms. The van der Waals surface area contributed by atoms with Gasteiger partial charge in [0.05, 0.1) is 0 Å². The van der Waals surface area contributed by atoms with Crippen molar-refractivity contribution in [2.45, 2.75) is 32.1 Å². The summed E-state index contributed by atoms with van der Waals surface area (Å²) < 4.78 is 13.1. The average molecular weight is 268 g/mol. The van der Waals surface area contributed by atoms with Gasteiger partial charge in [-0.3, -0.25) is 4.79 Å². The highest BCUT2D eigenvalue weighted by atomic mass is 19.1. The fraction of sp³-hybridized carbons (Fsp3) is 0.278. The van der Waals surface area contributed by atoms with Crippen LogP contribution in [0.4, 0.5) is 4.39 Å². The Morgan fingerprint density at radius 2 is 2.05 bits per heavy atom. The van der Waals surface area contributed by atoms with Crippen LogP contribution in [0.3, 0.4) is 0 Å². The summed E-state index contributed by atoms with van der Waals surface area (Å²) in [7, 11) is 0. The first kappa shape index (κ1) is 13.0. The van der Waals surface area contributed by atoms with E-state index in [9.17, 15) is 9.18 Å². The van der Waals surface area contributed by atoms with Crippen molar-refractivity contribution in [3.63, 3.8) is 0 Å². The van der Waals surface area contributed by atoms with Crippen molar-refractivity contribution in [2.75, 3.05) is 0 Å². The van der Waals surface area contributed by atoms with Crippen LogP contribution in [0.2, 0.25) is 0 Å². The Bertz CT molecular complexity index is 660. The zero-order valence-electron chi connectivity index (χ0n) is 11.5. The average Bonchev–Trinajstić information content (AvgIpc) is 2.86. The second kappa shape index (κ2) is 5.20. The Balaban J connectivity index is 1.81. The highest BCUT2D eigenvalue weighted by Crippen LogP contribution is 2.34. The normalized spacial score (nSPS) is 17.0. The first-order chi connectivity index (χ1) is 9.65. The summed E-state index contributed by atoms with van der Waals surface area (Å²) in [5.41, 5.74) is 4.25. The second-order valence-corrected chi connectivity index (χ2v) is 5.50. The topological polar surface area (TPSA) is 17.1 Å². The predicted octanol–water partition coefficient (Wildman–Crippen LogP) is 3.98. The maximum Gasteiger partial charge on any atom is 0.144 e. The van der Waals surface area contributed by atoms with Crippen LogP contribution in [0.25, 0.3) is 0 Å². The van der Waals surface area contributed by atoms with E-state index in [-0.39, 0.29) is 17.5 Å². The minimum atomic E-state index is -0.245. The van der Waals surface area contributed by atoms with Gasteiger partial charge in [0.2, 0.25) is 0 Å². The number of hydrogen-bond donors (Lipinski definition) is 0. The molecular formula is C18H17FO. The second-order valence-electron chi connectivity index (χ2n) is 5.50. The summed E-state index contributed by atoms with van der Waals surface area (Å²) in [4.78, 5) is 12.5. The van der Waals surface area contributed by atoms with Gasteiger partial charge in [0.25, 0.3) is 0 Å². The van der Waals surface area contributed by atoms with E-state index in [1.54, 1.807) is 6.07 Å². The number of benzene rings is 2. The zero-order valence-corrected chi connectivity index (χ0v) is 11.5. The Labute approximate surface area is 118 Å². The molecule has 0 bridgehead atoms. The summed E-state index contributed by atoms with van der Waals surface area (Å²) in [5, 5.41) is 0. The number of ketones is 1. The summed E-state index contributed by atoms with van der Waals surface area (Å²) in [5.74, 6) is 0.00484. The lowest BCUT2D eigenvalue weighted by molar-refractivity contribution is -0.119. The SMILES string of the molecule is Cc1cc(F)ccc1CC(=O)C1CCc2ccccc21. The monoisotopic (exact) mass is 268 g/mol. The molecule has 1 unspecified atom stereocenters. The van der Waals surface area contributed by atoms with Gasteiger partial charge in [-0.2, -0.15) is 0 Å². The van der Waals surface area contributed by atoms with Gasteiger partial charge in [-0.25, -0.2) is 4.39 Å². The van der Waals surface area contributed by atoms with Crippen LogP contribution in [0.15, 0.2) is 42.5 Å². The summed E-state index contributed by atoms with van der Waals surface area (Å²) in [6, 6.07) is 12.8. The highest BCUT2D eigenvalue weighted by Gasteiger charge is 2.28. The van der Waals surface area contributed by atoms with Gasteiger partial charge in [0.1, 0.15) is 11.6 Å². The molecular weight excluding hydrogens is 251 g/mol. The molecule has 0 saturated carbocycles. The summed E-state index contributed by atoms with van der Waals surface area (Å²) in [6.07, 6.45) is 2.28. The predicted molar refractivity (Wildman–Crippen MR) is 77.4 cm³/mol. The number of aryl methyl sites for hydroxylation is 2. The number of halogens is 1. The largest absolute Gasteiger partial charge is 0.299 e. The number of carbonyl (C=O) groups excluding carboxylic acids is 1. The third kappa shape index (κ3) is 2.38. The van der Waals surface area contributed by atoms with Gasteiger partial charge in [0, 0.05) is 12.3 Å². The van der Waals surface area contributed by atoms with Crippen molar-refractivity contribution in [3.05, 3.63) is 70.5 Å². The van der Waals surface area contributed by atoms with E-state index < -0.39 is 0 Å². The molecule has 1 aliphatic rings. The molecule has 0 amide bonds. The van der Waals surface area contributed by atoms with E-state index in [0.29, 0.717) is 6.42 Å². The Kier molecular flexibility index (Phi) is 3.39. The molecule has 2 aromatic rings. The molecule has 0 heterocycles. The van der Waals surface area contributed by atoms with Crippen LogP contribution >= 0.6 is 0 Å². The highest BCUT2D eigenvalue weighted by molar-refractivity contribution is 5.89. The first-order valence-electron chi connectivity index (χ1n) is 7.00. The number of carbonyl (C=O) groups is 1. The summed E-state index contributed by atoms with van der Waals surface area (Å²) >= 11 is 0. The number of Topliss-reactive ketones (excluding diaryl/α,β-unsaturated/α-hetero) is 1. The van der Waals surface area contributed by atoms with Crippen LogP contribution in [0.5, 0.6) is 0 Å². The molecule has 0 aliphatic heterocycles. The van der Waals surface area contributed by atoms with E-state index in [2.05, 4.69) is 12.1 Å². The lowest BCUT2D eigenvalue weighted by Crippen LogP contribution is -2.13. The van der Waals surface area contributed by atoms with Crippen LogP contribution in [-0.2, 0) is 17.6 Å². The quantitative estimate of drug-likeness (QED) is 0.823. The van der Waals surface area contributed by atoms with Crippen molar-refractivity contribution in [3.8, 4) is 0 Å². The molecule has 1 atom stereocenters. The van der Waals surface area contributed by atoms with Crippen molar-refractivity contribution >= 4 is 5.78 Å². The molecule has 0 radical (unpaired) electrons. The van der Waals surface area contributed by atoms with Gasteiger partial charge in [-0.05, 0) is 54.2 Å². The van der Waals surface area contributed by atoms with Gasteiger partial charge in [-0.15, -0.1) is 0 Å². The van der Waals surface area contributed by atoms with E-state index >= 15 is 0 Å². The molecule has 0 spiro atoms. The number of rotatable bonds is 3. The molecule has 2 aromatic carbocycles. The molecule has 1 nitrogen and oxygen atoms in total. The van der Waals surface area contributed by atoms with E-state index in [1.165, 1.54) is 23.3 Å². The Morgan fingerprint density at radius 1 is 1.25 bits per heavy atom. The molecule has 102 valence electrons. The third-order valence-electron chi connectivity index (χ3n) is 4.19. The van der Waals surface area contributed by atoms with E-state index in [0.717, 1.165) is 24.0 Å². The van der Waals surface area contributed by atoms with Crippen molar-refractivity contribution < 1.29 is 9.18 Å². The minimum Gasteiger partial charge on any atom is -0.299 e. The van der Waals surface area contributed by atoms with Crippen molar-refractivity contribution in [1.82, 2.24) is 0 Å². The van der Waals surface area contributed by atoms with Crippen LogP contribution < -0.4 is 0 Å². The molecule has 0 aromatic heterocycles. The zero-order chi connectivity index (χ0) is 14.1. The maximum absolute atomic E-state index is 13.1. The molecule has 1 aliphatic carbocycles. The molecule has 0 saturated heterocycles. The Morgan fingerprint density at radius 3 is 2.85 bits per heavy atom. The number of fused-ring (bicyclic) bond motifs is 1. The lowest BCUT2D eigenvalue weighted by Gasteiger charge is -2.12. The third-order valence-corrected chi connectivity index (χ3v) is 4.19. The fourth-order valence-electron chi connectivity index (χ4n) is 3.06. The molecule has 0 fully saturated rings. The molecule has 2 heteroatoms. The lowest BCUT2D eigenvalue weighted by atomic mass is 9.91. The smallest absolute Gasteiger partial charge is 0.144 e. The van der Waals surface area contributed by atoms with Crippen LogP contribution in [0, 0.1) is 12.7 Å². The standard InChI is InChI=1S/C18H17FO/c1-12-10-15(19)8-6-14(12)11-18(20)17-9-7-13-4-2-3-5-16(13)17/h2-6,8,10,17H,7,9,11H2,1H3. The van der Waals surface area contributed by atoms with Gasteiger partial charge < -0.3 is 0 Å². The molecule has 3 rings (SSSR count). The van der Waals surface area contributed by atoms with Crippen molar-refractivity contribution in [2.24, 2.45) is 0 Å². The summed E-state index contributed by atoms with van der Waals surface area (Å²) in [6.45, 7) is 1.86. The number of hydrogen-bond acceptors (Lipinski definition) is 1. The van der Waals surface area contributed by atoms with Gasteiger partial charge >= 0.3 is 0 Å². The first-order valence-corrected chi connectivity index (χ1v) is 7.00. The Hall–Kier alpha value is -1.96. The van der Waals surface area contributed by atoms with E-state index in [1.807, 2.05) is 19.1 Å². The van der Waals surface area contributed by atoms with E-state index in [4.69, 9.17) is 0 Å². The van der Waals surface area contributed by atoms with Gasteiger partial charge in [0.15, 0.2) is 0 Å². The van der Waals surface area contributed by atoms with Gasteiger partial charge in [-0.1, -0.05) is 30.3 Å².